The lowest BCUT2D eigenvalue weighted by Gasteiger charge is -2.44. The largest absolute Gasteiger partial charge is 0.456 e. The first-order valence-electron chi connectivity index (χ1n) is 13.4. The second-order valence-corrected chi connectivity index (χ2v) is 9.74. The molecule has 1 aliphatic rings. The highest BCUT2D eigenvalue weighted by Crippen LogP contribution is 2.30. The van der Waals surface area contributed by atoms with Gasteiger partial charge in [-0.2, -0.15) is 0 Å². The van der Waals surface area contributed by atoms with E-state index in [-0.39, 0.29) is 38.4 Å². The molecule has 0 unspecified atom stereocenters. The van der Waals surface area contributed by atoms with Crippen molar-refractivity contribution in [2.75, 3.05) is 6.61 Å². The van der Waals surface area contributed by atoms with Crippen LogP contribution in [0.5, 0.6) is 0 Å². The van der Waals surface area contributed by atoms with Crippen LogP contribution in [0.4, 0.5) is 0 Å². The average Bonchev–Trinajstić information content (AvgIpc) is 2.97. The minimum Gasteiger partial charge on any atom is -0.456 e. The molecule has 0 saturated carbocycles. The number of hydrogen-bond acceptors (Lipinski definition) is 8. The van der Waals surface area contributed by atoms with E-state index in [1.165, 1.54) is 6.92 Å². The molecule has 8 nitrogen and oxygen atoms in total. The van der Waals surface area contributed by atoms with Gasteiger partial charge in [0.1, 0.15) is 24.1 Å². The van der Waals surface area contributed by atoms with Crippen LogP contribution in [0.2, 0.25) is 0 Å². The fourth-order valence-corrected chi connectivity index (χ4v) is 4.43. The highest BCUT2D eigenvalue weighted by molar-refractivity contribution is 5.81. The van der Waals surface area contributed by atoms with E-state index in [2.05, 4.69) is 0 Å². The monoisotopic (exact) mass is 548 g/mol. The van der Waals surface area contributed by atoms with Crippen molar-refractivity contribution >= 4 is 11.8 Å². The molecule has 0 radical (unpaired) electrons. The Balaban J connectivity index is 1.54. The van der Waals surface area contributed by atoms with Gasteiger partial charge in [0.15, 0.2) is 12.4 Å². The molecule has 3 aromatic rings. The standard InChI is InChI=1S/C32H36O8/c1-23(33)17-18-28(34)40-30-29(37-20-25-13-7-3-8-14-25)27(22-36-19-24-11-5-2-6-12-24)39-32(35)31(30)38-21-26-15-9-4-10-16-26/h2-16,27,29-32,35H,17-22H2,1H3/t27-,29+,30+,31-,32-/m1/s1. The molecular weight excluding hydrogens is 512 g/mol. The Kier molecular flexibility index (Phi) is 11.4. The molecule has 0 amide bonds. The highest BCUT2D eigenvalue weighted by atomic mass is 16.7. The Morgan fingerprint density at radius 1 is 0.700 bits per heavy atom. The zero-order valence-electron chi connectivity index (χ0n) is 22.6. The van der Waals surface area contributed by atoms with Gasteiger partial charge in [-0.15, -0.1) is 0 Å². The van der Waals surface area contributed by atoms with Crippen LogP contribution in [-0.2, 0) is 53.1 Å². The summed E-state index contributed by atoms with van der Waals surface area (Å²) in [5, 5.41) is 11.0. The van der Waals surface area contributed by atoms with Crippen molar-refractivity contribution < 1.29 is 38.4 Å². The van der Waals surface area contributed by atoms with Crippen LogP contribution >= 0.6 is 0 Å². The molecule has 8 heteroatoms. The lowest BCUT2D eigenvalue weighted by molar-refractivity contribution is -0.311. The van der Waals surface area contributed by atoms with Gasteiger partial charge in [0, 0.05) is 6.42 Å². The smallest absolute Gasteiger partial charge is 0.306 e. The number of carbonyl (C=O) groups excluding carboxylic acids is 2. The molecule has 212 valence electrons. The molecule has 0 aliphatic carbocycles. The van der Waals surface area contributed by atoms with Gasteiger partial charge in [-0.05, 0) is 23.6 Å². The van der Waals surface area contributed by atoms with Crippen molar-refractivity contribution in [3.63, 3.8) is 0 Å². The topological polar surface area (TPSA) is 101 Å². The minimum absolute atomic E-state index is 0.0549. The molecule has 1 aliphatic heterocycles. The van der Waals surface area contributed by atoms with Gasteiger partial charge in [0.05, 0.1) is 32.8 Å². The third kappa shape index (κ3) is 9.08. The van der Waals surface area contributed by atoms with Crippen molar-refractivity contribution in [2.24, 2.45) is 0 Å². The summed E-state index contributed by atoms with van der Waals surface area (Å²) in [5.41, 5.74) is 2.78. The van der Waals surface area contributed by atoms with Gasteiger partial charge in [-0.25, -0.2) is 0 Å². The summed E-state index contributed by atoms with van der Waals surface area (Å²) in [4.78, 5) is 24.3. The van der Waals surface area contributed by atoms with Crippen molar-refractivity contribution in [1.82, 2.24) is 0 Å². The van der Waals surface area contributed by atoms with Gasteiger partial charge in [0.2, 0.25) is 0 Å². The summed E-state index contributed by atoms with van der Waals surface area (Å²) in [6, 6.07) is 28.7. The molecule has 0 bridgehead atoms. The molecule has 1 N–H and O–H groups in total. The molecule has 1 fully saturated rings. The number of benzene rings is 3. The zero-order valence-corrected chi connectivity index (χ0v) is 22.6. The van der Waals surface area contributed by atoms with Crippen molar-refractivity contribution in [3.05, 3.63) is 108 Å². The van der Waals surface area contributed by atoms with Crippen molar-refractivity contribution in [1.29, 1.82) is 0 Å². The first-order valence-corrected chi connectivity index (χ1v) is 13.4. The van der Waals surface area contributed by atoms with E-state index < -0.39 is 36.7 Å². The summed E-state index contributed by atoms with van der Waals surface area (Å²) in [7, 11) is 0. The quantitative estimate of drug-likeness (QED) is 0.297. The molecule has 3 aromatic carbocycles. The summed E-state index contributed by atoms with van der Waals surface area (Å²) >= 11 is 0. The maximum Gasteiger partial charge on any atom is 0.306 e. The summed E-state index contributed by atoms with van der Waals surface area (Å²) in [6.45, 7) is 2.21. The number of aliphatic hydroxyl groups excluding tert-OH is 1. The SMILES string of the molecule is CC(=O)CCC(=O)O[C@@H]1[C@@H](OCc2ccccc2)[C@H](O)O[C@H](COCc2ccccc2)[C@@H]1OCc1ccccc1. The minimum atomic E-state index is -1.41. The Morgan fingerprint density at radius 3 is 1.73 bits per heavy atom. The molecule has 0 aromatic heterocycles. The Morgan fingerprint density at radius 2 is 1.20 bits per heavy atom. The second-order valence-electron chi connectivity index (χ2n) is 9.74. The second kappa shape index (κ2) is 15.4. The Labute approximate surface area is 234 Å². The van der Waals surface area contributed by atoms with Gasteiger partial charge < -0.3 is 33.6 Å². The first-order chi connectivity index (χ1) is 19.5. The molecule has 40 heavy (non-hydrogen) atoms. The summed E-state index contributed by atoms with van der Waals surface area (Å²) in [5.74, 6) is -0.704. The maximum atomic E-state index is 12.8. The first kappa shape index (κ1) is 29.6. The van der Waals surface area contributed by atoms with Crippen LogP contribution in [0.3, 0.4) is 0 Å². The van der Waals surface area contributed by atoms with Crippen LogP contribution < -0.4 is 0 Å². The van der Waals surface area contributed by atoms with E-state index in [9.17, 15) is 14.7 Å². The van der Waals surface area contributed by atoms with Gasteiger partial charge >= 0.3 is 5.97 Å². The molecule has 0 spiro atoms. The van der Waals surface area contributed by atoms with Crippen LogP contribution in [0.15, 0.2) is 91.0 Å². The summed E-state index contributed by atoms with van der Waals surface area (Å²) in [6.07, 6.45) is -5.07. The number of hydrogen-bond donors (Lipinski definition) is 1. The average molecular weight is 549 g/mol. The molecule has 1 saturated heterocycles. The lowest BCUT2D eigenvalue weighted by atomic mass is 9.98. The Hall–Kier alpha value is -3.40. The van der Waals surface area contributed by atoms with Crippen LogP contribution in [0.1, 0.15) is 36.5 Å². The molecule has 5 atom stereocenters. The predicted molar refractivity (Wildman–Crippen MR) is 147 cm³/mol. The van der Waals surface area contributed by atoms with E-state index in [0.29, 0.717) is 6.61 Å². The van der Waals surface area contributed by atoms with Crippen molar-refractivity contribution in [3.8, 4) is 0 Å². The van der Waals surface area contributed by atoms with Crippen LogP contribution in [0, 0.1) is 0 Å². The molecule has 1 heterocycles. The predicted octanol–water partition coefficient (Wildman–Crippen LogP) is 4.37. The van der Waals surface area contributed by atoms with E-state index in [1.807, 2.05) is 91.0 Å². The molecule has 4 rings (SSSR count). The third-order valence-corrected chi connectivity index (χ3v) is 6.52. The fraction of sp³-hybridized carbons (Fsp3) is 0.375. The number of aliphatic hydroxyl groups is 1. The Bertz CT molecular complexity index is 1170. The number of Topliss-reactive ketones (excluding diaryl/α,β-unsaturated/α-hetero) is 1. The molecular formula is C32H36O8. The lowest BCUT2D eigenvalue weighted by Crippen LogP contribution is -2.61. The van der Waals surface area contributed by atoms with Crippen LogP contribution in [0.25, 0.3) is 0 Å². The number of rotatable bonds is 14. The van der Waals surface area contributed by atoms with Crippen LogP contribution in [-0.4, -0.2) is 54.2 Å². The van der Waals surface area contributed by atoms with Crippen molar-refractivity contribution in [2.45, 2.75) is 70.3 Å². The van der Waals surface area contributed by atoms with E-state index >= 15 is 0 Å². The van der Waals surface area contributed by atoms with E-state index in [4.69, 9.17) is 23.7 Å². The number of ketones is 1. The summed E-state index contributed by atoms with van der Waals surface area (Å²) < 4.78 is 30.2. The number of carbonyl (C=O) groups is 2. The number of ether oxygens (including phenoxy) is 5. The normalized spacial score (nSPS) is 22.5. The van der Waals surface area contributed by atoms with Gasteiger partial charge in [-0.1, -0.05) is 91.0 Å². The number of esters is 1. The highest BCUT2D eigenvalue weighted by Gasteiger charge is 2.49. The van der Waals surface area contributed by atoms with E-state index in [0.717, 1.165) is 16.7 Å². The maximum absolute atomic E-state index is 12.8. The fourth-order valence-electron chi connectivity index (χ4n) is 4.43. The third-order valence-electron chi connectivity index (χ3n) is 6.52. The van der Waals surface area contributed by atoms with E-state index in [1.54, 1.807) is 0 Å². The van der Waals surface area contributed by atoms with Gasteiger partial charge in [0.25, 0.3) is 0 Å². The zero-order chi connectivity index (χ0) is 28.2. The van der Waals surface area contributed by atoms with Gasteiger partial charge in [-0.3, -0.25) is 4.79 Å².